The van der Waals surface area contributed by atoms with Gasteiger partial charge < -0.3 is 14.7 Å². The Labute approximate surface area is 158 Å². The van der Waals surface area contributed by atoms with Crippen LogP contribution in [0, 0.1) is 0 Å². The van der Waals surface area contributed by atoms with E-state index in [1.807, 2.05) is 35.2 Å². The third kappa shape index (κ3) is 4.71. The first kappa shape index (κ1) is 19.0. The van der Waals surface area contributed by atoms with Gasteiger partial charge in [0.05, 0.1) is 6.54 Å². The van der Waals surface area contributed by atoms with Crippen LogP contribution in [0.25, 0.3) is 0 Å². The van der Waals surface area contributed by atoms with Crippen molar-refractivity contribution in [3.63, 3.8) is 0 Å². The van der Waals surface area contributed by atoms with E-state index in [-0.39, 0.29) is 23.7 Å². The molecule has 2 aromatic rings. The van der Waals surface area contributed by atoms with Crippen molar-refractivity contribution in [3.8, 4) is 0 Å². The highest BCUT2D eigenvalue weighted by molar-refractivity contribution is 5.89. The Bertz CT molecular complexity index is 777. The smallest absolute Gasteiger partial charge is 0.292 e. The van der Waals surface area contributed by atoms with Crippen molar-refractivity contribution in [2.75, 3.05) is 20.1 Å². The summed E-state index contributed by atoms with van der Waals surface area (Å²) in [6.07, 6.45) is 1.31. The van der Waals surface area contributed by atoms with Crippen LogP contribution in [0.4, 0.5) is 0 Å². The highest BCUT2D eigenvalue weighted by Crippen LogP contribution is 2.19. The number of nitrogens with zero attached hydrogens (tertiary/aromatic N) is 4. The van der Waals surface area contributed by atoms with Gasteiger partial charge >= 0.3 is 0 Å². The summed E-state index contributed by atoms with van der Waals surface area (Å²) in [5, 5.41) is 6.17. The molecule has 3 rings (SSSR count). The standard InChI is InChI=1S/C19H25N5O3/c1-3-15-12-23(13-16-21-18(22-27-16)19(26)20-2)10-9-17(25)24(15)11-14-7-5-4-6-8-14/h4-8,15H,3,9-13H2,1-2H3,(H,20,26). The van der Waals surface area contributed by atoms with E-state index in [4.69, 9.17) is 4.52 Å². The number of hydrogen-bond acceptors (Lipinski definition) is 6. The van der Waals surface area contributed by atoms with Crippen LogP contribution in [0.2, 0.25) is 0 Å². The maximum Gasteiger partial charge on any atom is 0.292 e. The topological polar surface area (TPSA) is 91.6 Å². The zero-order chi connectivity index (χ0) is 19.2. The molecule has 8 nitrogen and oxygen atoms in total. The van der Waals surface area contributed by atoms with Crippen LogP contribution in [-0.2, 0) is 17.9 Å². The molecule has 0 saturated carbocycles. The van der Waals surface area contributed by atoms with Crippen molar-refractivity contribution in [1.82, 2.24) is 25.3 Å². The van der Waals surface area contributed by atoms with Gasteiger partial charge in [0.25, 0.3) is 11.7 Å². The zero-order valence-electron chi connectivity index (χ0n) is 15.7. The van der Waals surface area contributed by atoms with Gasteiger partial charge in [-0.25, -0.2) is 0 Å². The molecular formula is C19H25N5O3. The lowest BCUT2D eigenvalue weighted by atomic mass is 10.1. The summed E-state index contributed by atoms with van der Waals surface area (Å²) < 4.78 is 5.19. The Morgan fingerprint density at radius 3 is 2.78 bits per heavy atom. The molecule has 0 radical (unpaired) electrons. The molecule has 1 aromatic heterocycles. The van der Waals surface area contributed by atoms with Crippen molar-refractivity contribution < 1.29 is 14.1 Å². The van der Waals surface area contributed by atoms with Crippen molar-refractivity contribution in [2.45, 2.75) is 38.9 Å². The van der Waals surface area contributed by atoms with Gasteiger partial charge in [-0.3, -0.25) is 14.5 Å². The second-order valence-electron chi connectivity index (χ2n) is 6.65. The Balaban J connectivity index is 1.68. The molecule has 1 aliphatic rings. The number of nitrogens with one attached hydrogen (secondary N) is 1. The lowest BCUT2D eigenvalue weighted by Crippen LogP contribution is -2.42. The first-order valence-electron chi connectivity index (χ1n) is 9.21. The Kier molecular flexibility index (Phi) is 6.18. The zero-order valence-corrected chi connectivity index (χ0v) is 15.7. The van der Waals surface area contributed by atoms with Crippen LogP contribution in [0.5, 0.6) is 0 Å². The van der Waals surface area contributed by atoms with E-state index in [1.54, 1.807) is 0 Å². The van der Waals surface area contributed by atoms with Crippen LogP contribution in [0.1, 0.15) is 41.8 Å². The summed E-state index contributed by atoms with van der Waals surface area (Å²) in [6.45, 7) is 4.49. The molecule has 1 aliphatic heterocycles. The minimum atomic E-state index is -0.378. The average Bonchev–Trinajstić information content (AvgIpc) is 3.11. The molecule has 1 atom stereocenters. The summed E-state index contributed by atoms with van der Waals surface area (Å²) in [5.41, 5.74) is 1.13. The molecule has 1 unspecified atom stereocenters. The summed E-state index contributed by atoms with van der Waals surface area (Å²) in [4.78, 5) is 32.5. The second-order valence-corrected chi connectivity index (χ2v) is 6.65. The summed E-state index contributed by atoms with van der Waals surface area (Å²) in [6, 6.07) is 10.2. The molecule has 1 fully saturated rings. The molecule has 27 heavy (non-hydrogen) atoms. The van der Waals surface area contributed by atoms with Crippen molar-refractivity contribution in [3.05, 3.63) is 47.6 Å². The predicted molar refractivity (Wildman–Crippen MR) is 98.7 cm³/mol. The van der Waals surface area contributed by atoms with Gasteiger partial charge in [-0.15, -0.1) is 0 Å². The van der Waals surface area contributed by atoms with Gasteiger partial charge in [0, 0.05) is 39.1 Å². The van der Waals surface area contributed by atoms with E-state index in [1.165, 1.54) is 7.05 Å². The molecule has 1 saturated heterocycles. The normalized spacial score (nSPS) is 18.4. The summed E-state index contributed by atoms with van der Waals surface area (Å²) >= 11 is 0. The molecule has 0 spiro atoms. The third-order valence-corrected chi connectivity index (χ3v) is 4.80. The fourth-order valence-electron chi connectivity index (χ4n) is 3.29. The van der Waals surface area contributed by atoms with E-state index >= 15 is 0 Å². The highest BCUT2D eigenvalue weighted by Gasteiger charge is 2.29. The van der Waals surface area contributed by atoms with E-state index in [9.17, 15) is 9.59 Å². The number of rotatable bonds is 6. The molecule has 0 bridgehead atoms. The fraction of sp³-hybridized carbons (Fsp3) is 0.474. The Hall–Kier alpha value is -2.74. The largest absolute Gasteiger partial charge is 0.352 e. The van der Waals surface area contributed by atoms with Crippen molar-refractivity contribution in [1.29, 1.82) is 0 Å². The summed E-state index contributed by atoms with van der Waals surface area (Å²) in [5.74, 6) is 0.185. The van der Waals surface area contributed by atoms with Crippen LogP contribution in [-0.4, -0.2) is 57.9 Å². The number of aromatic nitrogens is 2. The third-order valence-electron chi connectivity index (χ3n) is 4.80. The fourth-order valence-corrected chi connectivity index (χ4v) is 3.29. The van der Waals surface area contributed by atoms with Crippen LogP contribution in [0.3, 0.4) is 0 Å². The highest BCUT2D eigenvalue weighted by atomic mass is 16.5. The molecule has 8 heteroatoms. The van der Waals surface area contributed by atoms with Crippen LogP contribution in [0.15, 0.2) is 34.9 Å². The number of benzene rings is 1. The maximum absolute atomic E-state index is 12.7. The molecule has 1 N–H and O–H groups in total. The quantitative estimate of drug-likeness (QED) is 0.826. The van der Waals surface area contributed by atoms with Gasteiger partial charge in [-0.1, -0.05) is 42.4 Å². The second kappa shape index (κ2) is 8.77. The first-order valence-corrected chi connectivity index (χ1v) is 9.21. The molecule has 0 aliphatic carbocycles. The molecule has 2 heterocycles. The van der Waals surface area contributed by atoms with Crippen molar-refractivity contribution >= 4 is 11.8 Å². The lowest BCUT2D eigenvalue weighted by molar-refractivity contribution is -0.133. The number of hydrogen-bond donors (Lipinski definition) is 1. The van der Waals surface area contributed by atoms with Crippen molar-refractivity contribution in [2.24, 2.45) is 0 Å². The lowest BCUT2D eigenvalue weighted by Gasteiger charge is -2.31. The minimum absolute atomic E-state index is 0.0242. The van der Waals surface area contributed by atoms with Gasteiger partial charge in [0.15, 0.2) is 0 Å². The minimum Gasteiger partial charge on any atom is -0.352 e. The summed E-state index contributed by atoms with van der Waals surface area (Å²) in [7, 11) is 1.52. The number of amides is 2. The monoisotopic (exact) mass is 371 g/mol. The predicted octanol–water partition coefficient (Wildman–Crippen LogP) is 1.44. The van der Waals surface area contributed by atoms with Gasteiger partial charge in [0.2, 0.25) is 11.8 Å². The van der Waals surface area contributed by atoms with E-state index in [2.05, 4.69) is 27.3 Å². The number of carbonyl (C=O) groups is 2. The van der Waals surface area contributed by atoms with E-state index in [0.29, 0.717) is 31.9 Å². The van der Waals surface area contributed by atoms with Crippen LogP contribution >= 0.6 is 0 Å². The van der Waals surface area contributed by atoms with Gasteiger partial charge in [0.1, 0.15) is 0 Å². The molecule has 2 amide bonds. The van der Waals surface area contributed by atoms with Crippen LogP contribution < -0.4 is 5.32 Å². The van der Waals surface area contributed by atoms with E-state index < -0.39 is 0 Å². The molecule has 144 valence electrons. The molecular weight excluding hydrogens is 346 g/mol. The number of carbonyl (C=O) groups excluding carboxylic acids is 2. The van der Waals surface area contributed by atoms with E-state index in [0.717, 1.165) is 18.5 Å². The Morgan fingerprint density at radius 1 is 1.30 bits per heavy atom. The SMILES string of the molecule is CCC1CN(Cc2nc(C(=O)NC)no2)CCC(=O)N1Cc1ccccc1. The maximum atomic E-state index is 12.7. The average molecular weight is 371 g/mol. The first-order chi connectivity index (χ1) is 13.1. The van der Waals surface area contributed by atoms with Gasteiger partial charge in [-0.2, -0.15) is 4.98 Å². The van der Waals surface area contributed by atoms with Gasteiger partial charge in [-0.05, 0) is 12.0 Å². The molecule has 1 aromatic carbocycles. The Morgan fingerprint density at radius 2 is 2.07 bits per heavy atom.